The maximum atomic E-state index is 13.1. The highest BCUT2D eigenvalue weighted by Gasteiger charge is 2.30. The minimum atomic E-state index is -4.96. The van der Waals surface area contributed by atoms with Gasteiger partial charge in [-0.25, -0.2) is 9.13 Å². The van der Waals surface area contributed by atoms with Crippen molar-refractivity contribution >= 4 is 39.5 Å². The molecule has 19 heteroatoms. The molecule has 0 aliphatic carbocycles. The fourth-order valence-corrected chi connectivity index (χ4v) is 14.3. The van der Waals surface area contributed by atoms with Gasteiger partial charge >= 0.3 is 39.5 Å². The number of carbonyl (C=O) groups excluding carboxylic acids is 4. The largest absolute Gasteiger partial charge is 0.472 e. The summed E-state index contributed by atoms with van der Waals surface area (Å²) >= 11 is 0. The molecule has 4 unspecified atom stereocenters. The fraction of sp³-hybridized carbons (Fsp3) is 0.952. The number of hydrogen-bond acceptors (Lipinski definition) is 15. The van der Waals surface area contributed by atoms with Gasteiger partial charge in [0.25, 0.3) is 0 Å². The van der Waals surface area contributed by atoms with Crippen LogP contribution < -0.4 is 0 Å². The van der Waals surface area contributed by atoms with Crippen molar-refractivity contribution in [2.45, 2.75) is 446 Å². The standard InChI is InChI=1S/C83H162O17P2/c1-9-75(7)61-53-45-36-30-23-19-15-13-11-12-14-16-21-25-33-39-49-57-65-82(87)99-78(69-93-80(85)63-55-47-38-32-28-27-29-35-43-51-59-73(3)4)71-97-101(89,90)95-67-77(84)68-96-102(91,92)98-72-79(70-94-81(86)64-56-48-42-41-44-52-60-74(5)6)100-83(88)66-58-50-40-34-26-22-18-17-20-24-31-37-46-54-62-76(8)10-2/h73-79,84H,9-72H2,1-8H3,(H,89,90)(H,91,92)/t75?,76?,77-,78-,79-/m1/s1. The topological polar surface area (TPSA) is 237 Å². The molecule has 7 atom stereocenters. The van der Waals surface area contributed by atoms with Crippen molar-refractivity contribution in [3.63, 3.8) is 0 Å². The van der Waals surface area contributed by atoms with Crippen molar-refractivity contribution in [1.29, 1.82) is 0 Å². The van der Waals surface area contributed by atoms with Crippen molar-refractivity contribution in [3.05, 3.63) is 0 Å². The molecular formula is C83H162O17P2. The second kappa shape index (κ2) is 72.0. The molecule has 0 fully saturated rings. The van der Waals surface area contributed by atoms with Crippen LogP contribution in [0.5, 0.6) is 0 Å². The van der Waals surface area contributed by atoms with E-state index < -0.39 is 97.5 Å². The number of aliphatic hydroxyl groups is 1. The number of phosphoric ester groups is 2. The zero-order chi connectivity index (χ0) is 75.3. The zero-order valence-corrected chi connectivity index (χ0v) is 69.0. The number of carbonyl (C=O) groups is 4. The lowest BCUT2D eigenvalue weighted by Gasteiger charge is -2.21. The third-order valence-electron chi connectivity index (χ3n) is 20.0. The number of esters is 4. The molecule has 0 aromatic rings. The maximum Gasteiger partial charge on any atom is 0.472 e. The Kier molecular flexibility index (Phi) is 70.6. The zero-order valence-electron chi connectivity index (χ0n) is 67.2. The first kappa shape index (κ1) is 100. The van der Waals surface area contributed by atoms with Gasteiger partial charge < -0.3 is 33.8 Å². The quantitative estimate of drug-likeness (QED) is 0.0222. The van der Waals surface area contributed by atoms with Crippen LogP contribution >= 0.6 is 15.6 Å². The van der Waals surface area contributed by atoms with E-state index in [9.17, 15) is 43.2 Å². The first-order valence-electron chi connectivity index (χ1n) is 42.8. The van der Waals surface area contributed by atoms with E-state index in [2.05, 4.69) is 55.4 Å². The number of rotatable bonds is 80. The van der Waals surface area contributed by atoms with Crippen LogP contribution in [0.15, 0.2) is 0 Å². The van der Waals surface area contributed by atoms with Gasteiger partial charge in [0, 0.05) is 25.7 Å². The third kappa shape index (κ3) is 73.6. The molecule has 0 aliphatic rings. The van der Waals surface area contributed by atoms with Crippen molar-refractivity contribution in [2.24, 2.45) is 23.7 Å². The molecule has 3 N–H and O–H groups in total. The Morgan fingerprint density at radius 2 is 0.471 bits per heavy atom. The molecule has 0 rings (SSSR count). The summed E-state index contributed by atoms with van der Waals surface area (Å²) in [4.78, 5) is 73.0. The van der Waals surface area contributed by atoms with Crippen LogP contribution in [-0.4, -0.2) is 96.7 Å². The van der Waals surface area contributed by atoms with Gasteiger partial charge in [-0.15, -0.1) is 0 Å². The molecule has 102 heavy (non-hydrogen) atoms. The van der Waals surface area contributed by atoms with Gasteiger partial charge in [0.2, 0.25) is 0 Å². The SMILES string of the molecule is CCC(C)CCCCCCCCCCCCCCCCCCCCC(=O)O[C@H](COC(=O)CCCCCCCCCCCCC(C)C)COP(=O)(O)OC[C@@H](O)COP(=O)(O)OC[C@@H](COC(=O)CCCCCCCCC(C)C)OC(=O)CCCCCCCCCCCCCCCCC(C)CC. The molecule has 0 aromatic heterocycles. The fourth-order valence-electron chi connectivity index (χ4n) is 12.7. The Hall–Kier alpha value is -1.94. The van der Waals surface area contributed by atoms with E-state index in [-0.39, 0.29) is 25.7 Å². The highest BCUT2D eigenvalue weighted by atomic mass is 31.2. The van der Waals surface area contributed by atoms with Crippen molar-refractivity contribution in [3.8, 4) is 0 Å². The number of ether oxygens (including phenoxy) is 4. The molecule has 606 valence electrons. The molecule has 0 spiro atoms. The summed E-state index contributed by atoms with van der Waals surface area (Å²) < 4.78 is 68.7. The third-order valence-corrected chi connectivity index (χ3v) is 21.9. The second-order valence-corrected chi connectivity index (χ2v) is 34.2. The summed E-state index contributed by atoms with van der Waals surface area (Å²) in [6, 6.07) is 0. The van der Waals surface area contributed by atoms with Gasteiger partial charge in [-0.1, -0.05) is 376 Å². The molecule has 0 saturated heterocycles. The van der Waals surface area contributed by atoms with E-state index in [0.29, 0.717) is 31.6 Å². The monoisotopic (exact) mass is 1490 g/mol. The maximum absolute atomic E-state index is 13.1. The van der Waals surface area contributed by atoms with E-state index in [1.165, 1.54) is 225 Å². The molecule has 0 aromatic carbocycles. The van der Waals surface area contributed by atoms with Crippen LogP contribution in [0.3, 0.4) is 0 Å². The number of aliphatic hydroxyl groups excluding tert-OH is 1. The molecule has 0 aliphatic heterocycles. The summed E-state index contributed by atoms with van der Waals surface area (Å²) in [5.74, 6) is 1.04. The van der Waals surface area contributed by atoms with Crippen LogP contribution in [0.4, 0.5) is 0 Å². The van der Waals surface area contributed by atoms with Crippen LogP contribution in [0.1, 0.15) is 428 Å². The van der Waals surface area contributed by atoms with E-state index in [1.807, 2.05) is 0 Å². The average molecular weight is 1490 g/mol. The predicted molar refractivity (Wildman–Crippen MR) is 418 cm³/mol. The Morgan fingerprint density at radius 3 is 0.696 bits per heavy atom. The average Bonchev–Trinajstić information content (AvgIpc) is 0.932. The van der Waals surface area contributed by atoms with Crippen LogP contribution in [-0.2, 0) is 65.4 Å². The van der Waals surface area contributed by atoms with Gasteiger partial charge in [-0.2, -0.15) is 0 Å². The second-order valence-electron chi connectivity index (χ2n) is 31.3. The van der Waals surface area contributed by atoms with Gasteiger partial charge in [0.05, 0.1) is 26.4 Å². The van der Waals surface area contributed by atoms with Gasteiger partial charge in [-0.05, 0) is 49.4 Å². The number of phosphoric acid groups is 2. The van der Waals surface area contributed by atoms with Crippen molar-refractivity contribution in [1.82, 2.24) is 0 Å². The molecule has 17 nitrogen and oxygen atoms in total. The first-order chi connectivity index (χ1) is 49.2. The molecular weight excluding hydrogens is 1330 g/mol. The number of hydrogen-bond donors (Lipinski definition) is 3. The first-order valence-corrected chi connectivity index (χ1v) is 45.8. The minimum Gasteiger partial charge on any atom is -0.462 e. The van der Waals surface area contributed by atoms with E-state index in [4.69, 9.17) is 37.0 Å². The van der Waals surface area contributed by atoms with Crippen LogP contribution in [0.2, 0.25) is 0 Å². The number of unbranched alkanes of at least 4 members (excludes halogenated alkanes) is 44. The lowest BCUT2D eigenvalue weighted by molar-refractivity contribution is -0.161. The lowest BCUT2D eigenvalue weighted by atomic mass is 9.99. The van der Waals surface area contributed by atoms with E-state index >= 15 is 0 Å². The van der Waals surface area contributed by atoms with E-state index in [0.717, 1.165) is 114 Å². The van der Waals surface area contributed by atoms with Gasteiger partial charge in [0.15, 0.2) is 12.2 Å². The molecule has 0 bridgehead atoms. The summed E-state index contributed by atoms with van der Waals surface area (Å²) in [6.07, 6.45) is 59.8. The van der Waals surface area contributed by atoms with Gasteiger partial charge in [-0.3, -0.25) is 37.3 Å². The summed E-state index contributed by atoms with van der Waals surface area (Å²) in [5, 5.41) is 10.6. The minimum absolute atomic E-state index is 0.106. The highest BCUT2D eigenvalue weighted by Crippen LogP contribution is 2.45. The molecule has 0 radical (unpaired) electrons. The van der Waals surface area contributed by atoms with Crippen molar-refractivity contribution in [2.75, 3.05) is 39.6 Å². The Labute approximate surface area is 626 Å². The summed E-state index contributed by atoms with van der Waals surface area (Å²) in [5.41, 5.74) is 0. The normalized spacial score (nSPS) is 14.5. The molecule has 0 amide bonds. The van der Waals surface area contributed by atoms with Crippen LogP contribution in [0, 0.1) is 23.7 Å². The molecule has 0 heterocycles. The summed E-state index contributed by atoms with van der Waals surface area (Å²) in [7, 11) is -9.92. The molecule has 0 saturated carbocycles. The summed E-state index contributed by atoms with van der Waals surface area (Å²) in [6.45, 7) is 14.3. The lowest BCUT2D eigenvalue weighted by Crippen LogP contribution is -2.30. The van der Waals surface area contributed by atoms with Crippen molar-refractivity contribution < 1.29 is 80.2 Å². The van der Waals surface area contributed by atoms with Gasteiger partial charge in [0.1, 0.15) is 19.3 Å². The van der Waals surface area contributed by atoms with Crippen LogP contribution in [0.25, 0.3) is 0 Å². The Bertz CT molecular complexity index is 1990. The van der Waals surface area contributed by atoms with E-state index in [1.54, 1.807) is 0 Å². The Morgan fingerprint density at radius 1 is 0.275 bits per heavy atom. The predicted octanol–water partition coefficient (Wildman–Crippen LogP) is 24.8. The Balaban J connectivity index is 5.19. The highest BCUT2D eigenvalue weighted by molar-refractivity contribution is 7.47. The smallest absolute Gasteiger partial charge is 0.462 e.